The van der Waals surface area contributed by atoms with Crippen molar-refractivity contribution in [1.29, 1.82) is 0 Å². The summed E-state index contributed by atoms with van der Waals surface area (Å²) < 4.78 is 44.3. The normalized spacial score (nSPS) is 20.2. The highest BCUT2D eigenvalue weighted by molar-refractivity contribution is 5.88. The highest BCUT2D eigenvalue weighted by Crippen LogP contribution is 2.40. The Labute approximate surface area is 149 Å². The van der Waals surface area contributed by atoms with Crippen LogP contribution in [0.2, 0.25) is 0 Å². The Morgan fingerprint density at radius 3 is 2.81 bits per heavy atom. The second-order valence-corrected chi connectivity index (χ2v) is 6.65. The number of hydrogen-bond acceptors (Lipinski definition) is 6. The lowest BCUT2D eigenvalue weighted by Crippen LogP contribution is -2.37. The van der Waals surface area contributed by atoms with E-state index in [9.17, 15) is 13.2 Å². The smallest absolute Gasteiger partial charge is 0.368 e. The summed E-state index contributed by atoms with van der Waals surface area (Å²) in [4.78, 5) is 8.72. The number of nitrogens with zero attached hydrogens (tertiary/aromatic N) is 8. The third-order valence-corrected chi connectivity index (χ3v) is 4.68. The molecule has 5 heterocycles. The lowest BCUT2D eigenvalue weighted by atomic mass is 10.1. The van der Waals surface area contributed by atoms with Crippen molar-refractivity contribution in [3.8, 4) is 11.5 Å². The van der Waals surface area contributed by atoms with Gasteiger partial charge in [-0.05, 0) is 13.3 Å². The van der Waals surface area contributed by atoms with E-state index >= 15 is 0 Å². The molecule has 1 N–H and O–H groups in total. The summed E-state index contributed by atoms with van der Waals surface area (Å²) in [6, 6.07) is -0.458. The van der Waals surface area contributed by atoms with Crippen LogP contribution in [-0.4, -0.2) is 51.4 Å². The van der Waals surface area contributed by atoms with Gasteiger partial charge in [0.1, 0.15) is 17.8 Å². The van der Waals surface area contributed by atoms with E-state index in [1.54, 1.807) is 24.9 Å². The van der Waals surface area contributed by atoms with E-state index in [0.717, 1.165) is 4.68 Å². The maximum atomic E-state index is 13.4. The molecule has 0 radical (unpaired) electrons. The van der Waals surface area contributed by atoms with E-state index in [1.807, 2.05) is 0 Å². The zero-order valence-electron chi connectivity index (χ0n) is 14.3. The van der Waals surface area contributed by atoms with Gasteiger partial charge in [-0.15, -0.1) is 5.10 Å². The van der Waals surface area contributed by atoms with Crippen LogP contribution in [0.4, 0.5) is 19.0 Å². The van der Waals surface area contributed by atoms with Crippen LogP contribution in [0.5, 0.6) is 0 Å². The predicted molar refractivity (Wildman–Crippen MR) is 89.1 cm³/mol. The molecule has 2 atom stereocenters. The Morgan fingerprint density at radius 2 is 2.04 bits per heavy atom. The van der Waals surface area contributed by atoms with Gasteiger partial charge in [-0.2, -0.15) is 23.4 Å². The van der Waals surface area contributed by atoms with Gasteiger partial charge in [-0.1, -0.05) is 0 Å². The summed E-state index contributed by atoms with van der Waals surface area (Å²) in [6.45, 7) is 1.71. The average Bonchev–Trinajstić information content (AvgIpc) is 3.28. The van der Waals surface area contributed by atoms with Crippen molar-refractivity contribution in [1.82, 2.24) is 39.1 Å². The van der Waals surface area contributed by atoms with E-state index < -0.39 is 12.2 Å². The first-order valence-corrected chi connectivity index (χ1v) is 8.27. The summed E-state index contributed by atoms with van der Waals surface area (Å²) in [6.07, 6.45) is -1.36. The van der Waals surface area contributed by atoms with Crippen molar-refractivity contribution >= 4 is 22.5 Å². The first kappa shape index (κ1) is 16.0. The molecular formula is C15H14F3N9. The largest absolute Gasteiger partial charge is 0.410 e. The molecule has 0 aliphatic carbocycles. The van der Waals surface area contributed by atoms with Gasteiger partial charge in [0.15, 0.2) is 17.3 Å². The number of anilines is 1. The first-order chi connectivity index (χ1) is 12.8. The van der Waals surface area contributed by atoms with Gasteiger partial charge in [-0.3, -0.25) is 4.68 Å². The average molecular weight is 377 g/mol. The molecule has 0 spiro atoms. The van der Waals surface area contributed by atoms with Crippen LogP contribution >= 0.6 is 0 Å². The number of aromatic nitrogens is 8. The van der Waals surface area contributed by atoms with Gasteiger partial charge in [0.2, 0.25) is 5.82 Å². The molecule has 27 heavy (non-hydrogen) atoms. The van der Waals surface area contributed by atoms with E-state index in [-0.39, 0.29) is 24.0 Å². The maximum Gasteiger partial charge on any atom is 0.410 e. The van der Waals surface area contributed by atoms with E-state index in [0.29, 0.717) is 22.5 Å². The molecule has 4 aromatic rings. The maximum absolute atomic E-state index is 13.4. The molecule has 0 amide bonds. The fourth-order valence-electron chi connectivity index (χ4n) is 3.41. The number of rotatable bonds is 1. The Hall–Kier alpha value is -3.18. The molecule has 5 rings (SSSR count). The molecular weight excluding hydrogens is 363 g/mol. The summed E-state index contributed by atoms with van der Waals surface area (Å²) >= 11 is 0. The molecule has 9 nitrogen and oxygen atoms in total. The SMILES string of the molecule is C[C@@H]1C[C@H](C(F)(F)F)n2nc(-c3nc4c5cnn(C)c5ncn4n3)cc2N1. The van der Waals surface area contributed by atoms with Gasteiger partial charge in [-0.25, -0.2) is 19.2 Å². The third kappa shape index (κ3) is 2.35. The van der Waals surface area contributed by atoms with Gasteiger partial charge < -0.3 is 5.32 Å². The van der Waals surface area contributed by atoms with Gasteiger partial charge >= 0.3 is 6.18 Å². The minimum Gasteiger partial charge on any atom is -0.368 e. The number of alkyl halides is 3. The van der Waals surface area contributed by atoms with Crippen LogP contribution in [0.15, 0.2) is 18.6 Å². The number of aryl methyl sites for hydroxylation is 1. The topological polar surface area (TPSA) is 90.8 Å². The molecule has 0 bridgehead atoms. The third-order valence-electron chi connectivity index (χ3n) is 4.68. The molecule has 0 saturated carbocycles. The van der Waals surface area contributed by atoms with Gasteiger partial charge in [0.25, 0.3) is 0 Å². The lowest BCUT2D eigenvalue weighted by Gasteiger charge is -2.31. The summed E-state index contributed by atoms with van der Waals surface area (Å²) in [5, 5.41) is 16.3. The van der Waals surface area contributed by atoms with Crippen molar-refractivity contribution in [2.45, 2.75) is 31.6 Å². The van der Waals surface area contributed by atoms with Crippen molar-refractivity contribution in [2.75, 3.05) is 5.32 Å². The summed E-state index contributed by atoms with van der Waals surface area (Å²) in [5.74, 6) is 0.528. The molecule has 0 unspecified atom stereocenters. The molecule has 4 aromatic heterocycles. The van der Waals surface area contributed by atoms with Crippen molar-refractivity contribution in [2.24, 2.45) is 7.05 Å². The molecule has 140 valence electrons. The number of nitrogens with one attached hydrogen (secondary N) is 1. The number of fused-ring (bicyclic) bond motifs is 4. The minimum atomic E-state index is -4.38. The van der Waals surface area contributed by atoms with Crippen LogP contribution in [0.1, 0.15) is 19.4 Å². The molecule has 1 aliphatic heterocycles. The van der Waals surface area contributed by atoms with Crippen LogP contribution in [-0.2, 0) is 7.05 Å². The fraction of sp³-hybridized carbons (Fsp3) is 0.400. The Balaban J connectivity index is 1.65. The second-order valence-electron chi connectivity index (χ2n) is 6.65. The zero-order chi connectivity index (χ0) is 18.9. The zero-order valence-corrected chi connectivity index (χ0v) is 14.3. The molecule has 0 fully saturated rings. The Morgan fingerprint density at radius 1 is 1.22 bits per heavy atom. The van der Waals surface area contributed by atoms with Crippen molar-refractivity contribution in [3.05, 3.63) is 18.6 Å². The van der Waals surface area contributed by atoms with Crippen LogP contribution in [0.3, 0.4) is 0 Å². The lowest BCUT2D eigenvalue weighted by molar-refractivity contribution is -0.173. The Bertz CT molecular complexity index is 1170. The number of hydrogen-bond donors (Lipinski definition) is 1. The van der Waals surface area contributed by atoms with Crippen LogP contribution in [0.25, 0.3) is 28.2 Å². The molecule has 0 saturated heterocycles. The van der Waals surface area contributed by atoms with E-state index in [1.165, 1.54) is 16.9 Å². The van der Waals surface area contributed by atoms with Crippen LogP contribution < -0.4 is 5.32 Å². The minimum absolute atomic E-state index is 0.0869. The summed E-state index contributed by atoms with van der Waals surface area (Å²) in [5.41, 5.74) is 1.42. The van der Waals surface area contributed by atoms with Gasteiger partial charge in [0, 0.05) is 19.2 Å². The predicted octanol–water partition coefficient (Wildman–Crippen LogP) is 2.18. The van der Waals surface area contributed by atoms with Crippen molar-refractivity contribution < 1.29 is 13.2 Å². The quantitative estimate of drug-likeness (QED) is 0.547. The van der Waals surface area contributed by atoms with Gasteiger partial charge in [0.05, 0.1) is 11.6 Å². The highest BCUT2D eigenvalue weighted by atomic mass is 19.4. The standard InChI is InChI=1S/C15H14F3N9/c1-7-3-10(15(16,17)18)27-11(21-7)4-9(23-27)12-22-14-8-5-20-25(2)13(8)19-6-26(14)24-12/h4-7,10,21H,3H2,1-2H3/t7-,10-/m1/s1. The first-order valence-electron chi connectivity index (χ1n) is 8.27. The molecule has 0 aromatic carbocycles. The highest BCUT2D eigenvalue weighted by Gasteiger charge is 2.45. The Kier molecular flexibility index (Phi) is 3.07. The van der Waals surface area contributed by atoms with E-state index in [4.69, 9.17) is 0 Å². The fourth-order valence-corrected chi connectivity index (χ4v) is 3.41. The molecule has 1 aliphatic rings. The van der Waals surface area contributed by atoms with Crippen LogP contribution in [0, 0.1) is 0 Å². The number of halogens is 3. The summed E-state index contributed by atoms with van der Waals surface area (Å²) in [7, 11) is 1.76. The van der Waals surface area contributed by atoms with E-state index in [2.05, 4.69) is 30.6 Å². The van der Waals surface area contributed by atoms with Crippen molar-refractivity contribution in [3.63, 3.8) is 0 Å². The molecule has 12 heteroatoms. The monoisotopic (exact) mass is 377 g/mol. The second kappa shape index (κ2) is 5.18.